The Kier molecular flexibility index (Phi) is 7.17. The van der Waals surface area contributed by atoms with Crippen LogP contribution in [0.3, 0.4) is 0 Å². The largest absolute Gasteiger partial charge is 0.506 e. The highest BCUT2D eigenvalue weighted by Gasteiger charge is 2.27. The Morgan fingerprint density at radius 3 is 2.18 bits per heavy atom. The van der Waals surface area contributed by atoms with Gasteiger partial charge in [0.2, 0.25) is 0 Å². The summed E-state index contributed by atoms with van der Waals surface area (Å²) in [5.74, 6) is -1.40. The topological polar surface area (TPSA) is 111 Å². The molecule has 5 rings (SSSR count). The summed E-state index contributed by atoms with van der Waals surface area (Å²) in [5, 5.41) is 15.0. The number of para-hydroxylation sites is 1. The maximum absolute atomic E-state index is 13.4. The highest BCUT2D eigenvalue weighted by atomic mass is 32.2. The molecule has 1 aliphatic rings. The summed E-state index contributed by atoms with van der Waals surface area (Å²) < 4.78 is 15.3. The number of rotatable bonds is 6. The van der Waals surface area contributed by atoms with E-state index >= 15 is 0 Å². The molecule has 1 aliphatic heterocycles. The first-order valence-corrected chi connectivity index (χ1v) is 13.1. The second-order valence-electron chi connectivity index (χ2n) is 8.14. The molecule has 0 saturated heterocycles. The van der Waals surface area contributed by atoms with Crippen molar-refractivity contribution in [3.8, 4) is 11.5 Å². The van der Waals surface area contributed by atoms with E-state index in [1.54, 1.807) is 30.0 Å². The number of methoxy groups -OCH3 is 2. The number of aromatic hydroxyl groups is 1. The molecule has 0 fully saturated rings. The minimum Gasteiger partial charge on any atom is -0.506 e. The molecule has 1 unspecified atom stereocenters. The lowest BCUT2D eigenvalue weighted by Gasteiger charge is -2.16. The first kappa shape index (κ1) is 25.5. The SMILES string of the molecule is COC(=O)c1cc(NC(=O)c2cc(SC3Oc4ccccc4S3)c3ccccc3c2O)cc(C(=O)OC)c1. The predicted octanol–water partition coefficient (Wildman–Crippen LogP) is 5.93. The van der Waals surface area contributed by atoms with Crippen molar-refractivity contribution < 1.29 is 33.7 Å². The van der Waals surface area contributed by atoms with E-state index in [0.717, 1.165) is 20.9 Å². The lowest BCUT2D eigenvalue weighted by molar-refractivity contribution is 0.0598. The van der Waals surface area contributed by atoms with Crippen molar-refractivity contribution in [3.05, 3.63) is 89.5 Å². The van der Waals surface area contributed by atoms with E-state index in [2.05, 4.69) is 5.32 Å². The number of anilines is 1. The van der Waals surface area contributed by atoms with Crippen LogP contribution in [-0.4, -0.2) is 41.9 Å². The molecule has 0 bridgehead atoms. The molecular formula is C28H21NO7S2. The average molecular weight is 548 g/mol. The van der Waals surface area contributed by atoms with E-state index in [4.69, 9.17) is 14.2 Å². The number of phenolic OH excluding ortho intramolecular Hbond substituents is 1. The number of hydrogen-bond acceptors (Lipinski definition) is 9. The van der Waals surface area contributed by atoms with Crippen LogP contribution in [0.2, 0.25) is 0 Å². The number of phenols is 1. The second-order valence-corrected chi connectivity index (χ2v) is 10.6. The molecule has 1 atom stereocenters. The van der Waals surface area contributed by atoms with Crippen molar-refractivity contribution in [2.75, 3.05) is 19.5 Å². The number of esters is 2. The summed E-state index contributed by atoms with van der Waals surface area (Å²) in [6.07, 6.45) is 0. The Morgan fingerprint density at radius 1 is 0.895 bits per heavy atom. The molecule has 8 nitrogen and oxygen atoms in total. The van der Waals surface area contributed by atoms with Crippen LogP contribution in [-0.2, 0) is 9.47 Å². The van der Waals surface area contributed by atoms with Crippen LogP contribution in [0.1, 0.15) is 31.1 Å². The lowest BCUT2D eigenvalue weighted by atomic mass is 10.0. The Bertz CT molecular complexity index is 1530. The third-order valence-electron chi connectivity index (χ3n) is 5.77. The third-order valence-corrected chi connectivity index (χ3v) is 8.11. The van der Waals surface area contributed by atoms with Gasteiger partial charge in [0.15, 0.2) is 4.77 Å². The number of nitrogens with one attached hydrogen (secondary N) is 1. The van der Waals surface area contributed by atoms with Crippen molar-refractivity contribution >= 4 is 57.8 Å². The number of carbonyl (C=O) groups excluding carboxylic acids is 3. The smallest absolute Gasteiger partial charge is 0.337 e. The fraction of sp³-hybridized carbons (Fsp3) is 0.107. The minimum atomic E-state index is -0.687. The molecule has 2 N–H and O–H groups in total. The number of ether oxygens (including phenoxy) is 3. The van der Waals surface area contributed by atoms with Crippen LogP contribution in [0.5, 0.6) is 11.5 Å². The van der Waals surface area contributed by atoms with Gasteiger partial charge in [-0.05, 0) is 41.8 Å². The van der Waals surface area contributed by atoms with Crippen LogP contribution in [0, 0.1) is 0 Å². The Morgan fingerprint density at radius 2 is 1.53 bits per heavy atom. The zero-order chi connectivity index (χ0) is 26.8. The number of hydrogen-bond donors (Lipinski definition) is 2. The first-order valence-electron chi connectivity index (χ1n) is 11.3. The van der Waals surface area contributed by atoms with Gasteiger partial charge < -0.3 is 24.6 Å². The van der Waals surface area contributed by atoms with Crippen LogP contribution < -0.4 is 10.1 Å². The molecule has 4 aromatic rings. The molecule has 0 radical (unpaired) electrons. The summed E-state index contributed by atoms with van der Waals surface area (Å²) in [5.41, 5.74) is 0.291. The summed E-state index contributed by atoms with van der Waals surface area (Å²) in [6, 6.07) is 20.7. The number of carbonyl (C=O) groups is 3. The monoisotopic (exact) mass is 547 g/mol. The van der Waals surface area contributed by atoms with E-state index < -0.39 is 17.8 Å². The quantitative estimate of drug-likeness (QED) is 0.284. The van der Waals surface area contributed by atoms with Gasteiger partial charge in [0.1, 0.15) is 11.5 Å². The Balaban J connectivity index is 1.49. The molecule has 0 saturated carbocycles. The van der Waals surface area contributed by atoms with Crippen molar-refractivity contribution in [2.24, 2.45) is 0 Å². The van der Waals surface area contributed by atoms with Crippen LogP contribution in [0.4, 0.5) is 5.69 Å². The Hall–Kier alpha value is -4.15. The normalized spacial score (nSPS) is 13.9. The zero-order valence-corrected chi connectivity index (χ0v) is 21.9. The summed E-state index contributed by atoms with van der Waals surface area (Å²) in [6.45, 7) is 0. The highest BCUT2D eigenvalue weighted by Crippen LogP contribution is 2.48. The van der Waals surface area contributed by atoms with Gasteiger partial charge in [-0.25, -0.2) is 9.59 Å². The number of amides is 1. The van der Waals surface area contributed by atoms with Crippen LogP contribution in [0.25, 0.3) is 10.8 Å². The van der Waals surface area contributed by atoms with Crippen LogP contribution >= 0.6 is 23.5 Å². The predicted molar refractivity (Wildman–Crippen MR) is 145 cm³/mol. The lowest BCUT2D eigenvalue weighted by Crippen LogP contribution is -2.15. The van der Waals surface area contributed by atoms with Gasteiger partial charge in [-0.2, -0.15) is 0 Å². The summed E-state index contributed by atoms with van der Waals surface area (Å²) in [7, 11) is 2.42. The van der Waals surface area contributed by atoms with Crippen LogP contribution in [0.15, 0.2) is 82.6 Å². The van der Waals surface area contributed by atoms with Gasteiger partial charge in [-0.3, -0.25) is 4.79 Å². The molecule has 0 aromatic heterocycles. The maximum Gasteiger partial charge on any atom is 0.337 e. The molecule has 1 heterocycles. The maximum atomic E-state index is 13.4. The van der Waals surface area contributed by atoms with Crippen molar-refractivity contribution in [1.29, 1.82) is 0 Å². The Labute approximate surface area is 226 Å². The fourth-order valence-corrected chi connectivity index (χ4v) is 6.41. The van der Waals surface area contributed by atoms with Gasteiger partial charge in [0, 0.05) is 16.0 Å². The molecule has 1 amide bonds. The number of benzene rings is 4. The third kappa shape index (κ3) is 5.00. The second kappa shape index (κ2) is 10.7. The molecule has 4 aromatic carbocycles. The molecule has 10 heteroatoms. The summed E-state index contributed by atoms with van der Waals surface area (Å²) in [4.78, 5) is 39.4. The minimum absolute atomic E-state index is 0.0230. The first-order chi connectivity index (χ1) is 18.4. The van der Waals surface area contributed by atoms with Crippen molar-refractivity contribution in [1.82, 2.24) is 0 Å². The van der Waals surface area contributed by atoms with E-state index in [-0.39, 0.29) is 32.9 Å². The van der Waals surface area contributed by atoms with E-state index in [9.17, 15) is 19.5 Å². The number of fused-ring (bicyclic) bond motifs is 2. The average Bonchev–Trinajstić information content (AvgIpc) is 3.35. The fourth-order valence-electron chi connectivity index (χ4n) is 4.00. The highest BCUT2D eigenvalue weighted by molar-refractivity contribution is 8.17. The van der Waals surface area contributed by atoms with Crippen molar-refractivity contribution in [2.45, 2.75) is 14.6 Å². The van der Waals surface area contributed by atoms with Gasteiger partial charge >= 0.3 is 11.9 Å². The van der Waals surface area contributed by atoms with Crippen molar-refractivity contribution in [3.63, 3.8) is 0 Å². The standard InChI is InChI=1S/C28H21NO7S2/c1-34-26(32)15-11-16(27(33)35-2)13-17(12-15)29-25(31)20-14-23(18-7-3-4-8-19(18)24(20)30)38-28-36-21-9-5-6-10-22(21)37-28/h3-14,28,30H,1-2H3,(H,29,31). The van der Waals surface area contributed by atoms with Gasteiger partial charge in [-0.1, -0.05) is 59.9 Å². The molecule has 0 aliphatic carbocycles. The van der Waals surface area contributed by atoms with Gasteiger partial charge in [0.25, 0.3) is 5.91 Å². The molecule has 192 valence electrons. The number of thioether (sulfide) groups is 2. The zero-order valence-electron chi connectivity index (χ0n) is 20.2. The molecule has 38 heavy (non-hydrogen) atoms. The van der Waals surface area contributed by atoms with E-state index in [1.165, 1.54) is 44.2 Å². The van der Waals surface area contributed by atoms with E-state index in [1.807, 2.05) is 36.4 Å². The van der Waals surface area contributed by atoms with Gasteiger partial charge in [0.05, 0.1) is 35.8 Å². The van der Waals surface area contributed by atoms with Gasteiger partial charge in [-0.15, -0.1) is 0 Å². The molecule has 0 spiro atoms. The molecular weight excluding hydrogens is 526 g/mol. The van der Waals surface area contributed by atoms with E-state index in [0.29, 0.717) is 5.39 Å². The summed E-state index contributed by atoms with van der Waals surface area (Å²) >= 11 is 2.99.